The predicted octanol–water partition coefficient (Wildman–Crippen LogP) is 6.08. The lowest BCUT2D eigenvalue weighted by atomic mass is 10.0. The molecule has 0 saturated carbocycles. The van der Waals surface area contributed by atoms with Crippen molar-refractivity contribution in [3.05, 3.63) is 119 Å². The summed E-state index contributed by atoms with van der Waals surface area (Å²) in [6, 6.07) is 21.1. The summed E-state index contributed by atoms with van der Waals surface area (Å²) in [5.74, 6) is -0.388. The fourth-order valence-electron chi connectivity index (χ4n) is 3.68. The maximum absolute atomic E-state index is 13.5. The van der Waals surface area contributed by atoms with Crippen LogP contribution in [0.15, 0.2) is 91.3 Å². The van der Waals surface area contributed by atoms with Crippen molar-refractivity contribution in [2.45, 2.75) is 12.7 Å². The van der Waals surface area contributed by atoms with Crippen molar-refractivity contribution >= 4 is 17.4 Å². The van der Waals surface area contributed by atoms with E-state index in [-0.39, 0.29) is 18.0 Å². The Kier molecular flexibility index (Phi) is 6.15. The van der Waals surface area contributed by atoms with Crippen LogP contribution in [0, 0.1) is 0 Å². The Morgan fingerprint density at radius 1 is 0.889 bits per heavy atom. The quantitative estimate of drug-likeness (QED) is 0.261. The van der Waals surface area contributed by atoms with Crippen LogP contribution >= 0.6 is 11.6 Å². The molecular formula is C26H17ClF3N5O. The molecule has 6 nitrogen and oxygen atoms in total. The van der Waals surface area contributed by atoms with Gasteiger partial charge in [0, 0.05) is 16.8 Å². The Hall–Kier alpha value is -4.24. The van der Waals surface area contributed by atoms with Crippen molar-refractivity contribution in [1.29, 1.82) is 0 Å². The molecule has 2 heterocycles. The van der Waals surface area contributed by atoms with E-state index in [0.717, 1.165) is 17.8 Å². The highest BCUT2D eigenvalue weighted by atomic mass is 35.5. The zero-order valence-electron chi connectivity index (χ0n) is 18.5. The molecule has 3 aromatic carbocycles. The molecule has 2 aromatic heterocycles. The third kappa shape index (κ3) is 4.92. The van der Waals surface area contributed by atoms with Gasteiger partial charge in [0.15, 0.2) is 5.69 Å². The summed E-state index contributed by atoms with van der Waals surface area (Å²) in [6.45, 7) is 0.158. The van der Waals surface area contributed by atoms with Gasteiger partial charge in [-0.05, 0) is 42.0 Å². The summed E-state index contributed by atoms with van der Waals surface area (Å²) in [6.07, 6.45) is -1.31. The van der Waals surface area contributed by atoms with Crippen molar-refractivity contribution < 1.29 is 18.0 Å². The van der Waals surface area contributed by atoms with Gasteiger partial charge in [-0.3, -0.25) is 4.79 Å². The van der Waals surface area contributed by atoms with Gasteiger partial charge < -0.3 is 0 Å². The van der Waals surface area contributed by atoms with Crippen molar-refractivity contribution in [1.82, 2.24) is 24.8 Å². The fourth-order valence-corrected chi connectivity index (χ4v) is 3.80. The molecule has 0 spiro atoms. The van der Waals surface area contributed by atoms with Crippen LogP contribution in [0.25, 0.3) is 16.9 Å². The monoisotopic (exact) mass is 507 g/mol. The van der Waals surface area contributed by atoms with E-state index in [9.17, 15) is 18.0 Å². The highest BCUT2D eigenvalue weighted by Gasteiger charge is 2.30. The third-order valence-electron chi connectivity index (χ3n) is 5.49. The van der Waals surface area contributed by atoms with Gasteiger partial charge in [0.2, 0.25) is 5.78 Å². The fraction of sp³-hybridized carbons (Fsp3) is 0.0769. The topological polar surface area (TPSA) is 65.6 Å². The van der Waals surface area contributed by atoms with Crippen LogP contribution in [0.4, 0.5) is 13.2 Å². The van der Waals surface area contributed by atoms with Gasteiger partial charge >= 0.3 is 6.18 Å². The second-order valence-electron chi connectivity index (χ2n) is 8.00. The highest BCUT2D eigenvalue weighted by Crippen LogP contribution is 2.29. The van der Waals surface area contributed by atoms with E-state index >= 15 is 0 Å². The molecule has 0 atom stereocenters. The zero-order valence-corrected chi connectivity index (χ0v) is 19.3. The average molecular weight is 508 g/mol. The van der Waals surface area contributed by atoms with E-state index in [0.29, 0.717) is 27.4 Å². The summed E-state index contributed by atoms with van der Waals surface area (Å²) < 4.78 is 41.4. The van der Waals surface area contributed by atoms with Gasteiger partial charge in [0.25, 0.3) is 0 Å². The minimum Gasteiger partial charge on any atom is -0.287 e. The molecule has 5 rings (SSSR count). The number of rotatable bonds is 6. The molecule has 0 aliphatic carbocycles. The Morgan fingerprint density at radius 2 is 1.58 bits per heavy atom. The van der Waals surface area contributed by atoms with E-state index in [1.54, 1.807) is 35.1 Å². The lowest BCUT2D eigenvalue weighted by Crippen LogP contribution is -2.06. The van der Waals surface area contributed by atoms with E-state index in [1.165, 1.54) is 23.0 Å². The summed E-state index contributed by atoms with van der Waals surface area (Å²) in [4.78, 5) is 13.5. The molecule has 0 saturated heterocycles. The first-order chi connectivity index (χ1) is 17.3. The number of carbonyl (C=O) groups excluding carboxylic acids is 1. The summed E-state index contributed by atoms with van der Waals surface area (Å²) in [5, 5.41) is 13.2. The van der Waals surface area contributed by atoms with E-state index in [4.69, 9.17) is 11.6 Å². The molecule has 180 valence electrons. The van der Waals surface area contributed by atoms with Crippen molar-refractivity contribution in [3.63, 3.8) is 0 Å². The van der Waals surface area contributed by atoms with Crippen LogP contribution in [0.2, 0.25) is 5.02 Å². The van der Waals surface area contributed by atoms with Crippen LogP contribution in [-0.4, -0.2) is 30.6 Å². The van der Waals surface area contributed by atoms with Crippen LogP contribution < -0.4 is 0 Å². The van der Waals surface area contributed by atoms with E-state index < -0.39 is 11.7 Å². The summed E-state index contributed by atoms with van der Waals surface area (Å²) in [5.41, 5.74) is 2.20. The number of aromatic nitrogens is 5. The number of hydrogen-bond donors (Lipinski definition) is 0. The number of alkyl halides is 3. The molecule has 5 aromatic rings. The van der Waals surface area contributed by atoms with E-state index in [2.05, 4.69) is 15.4 Å². The van der Waals surface area contributed by atoms with Crippen LogP contribution in [0.3, 0.4) is 0 Å². The number of para-hydroxylation sites is 1. The minimum atomic E-state index is -4.41. The van der Waals surface area contributed by atoms with Crippen LogP contribution in [0.5, 0.6) is 0 Å². The first kappa shape index (κ1) is 23.5. The number of nitrogens with zero attached hydrogens (tertiary/aromatic N) is 5. The molecule has 0 N–H and O–H groups in total. The molecule has 0 fully saturated rings. The molecule has 10 heteroatoms. The lowest BCUT2D eigenvalue weighted by molar-refractivity contribution is -0.137. The molecule has 0 unspecified atom stereocenters. The van der Waals surface area contributed by atoms with Crippen molar-refractivity contribution in [2.24, 2.45) is 0 Å². The number of halogens is 4. The third-order valence-corrected chi connectivity index (χ3v) is 5.75. The highest BCUT2D eigenvalue weighted by molar-refractivity contribution is 6.30. The molecule has 0 aliphatic rings. The number of hydrogen-bond acceptors (Lipinski definition) is 4. The first-order valence-electron chi connectivity index (χ1n) is 10.8. The van der Waals surface area contributed by atoms with Crippen molar-refractivity contribution in [2.75, 3.05) is 0 Å². The first-order valence-corrected chi connectivity index (χ1v) is 11.2. The number of carbonyl (C=O) groups is 1. The summed E-state index contributed by atoms with van der Waals surface area (Å²) in [7, 11) is 0. The Labute approximate surface area is 208 Å². The SMILES string of the molecule is O=C(c1cn(Cc2ccc(C(F)(F)F)cc2)nn1)c1cn(-c2ccccc2)nc1-c1ccc(Cl)cc1. The Morgan fingerprint density at radius 3 is 2.25 bits per heavy atom. The van der Waals surface area contributed by atoms with Gasteiger partial charge in [0.05, 0.1) is 29.6 Å². The van der Waals surface area contributed by atoms with Gasteiger partial charge in [-0.15, -0.1) is 5.10 Å². The Bertz CT molecular complexity index is 1510. The molecular weight excluding hydrogens is 491 g/mol. The molecule has 0 amide bonds. The smallest absolute Gasteiger partial charge is 0.287 e. The molecule has 0 aliphatic heterocycles. The Balaban J connectivity index is 1.45. The van der Waals surface area contributed by atoms with Crippen molar-refractivity contribution in [3.8, 4) is 16.9 Å². The second kappa shape index (κ2) is 9.43. The van der Waals surface area contributed by atoms with Crippen LogP contribution in [0.1, 0.15) is 27.2 Å². The number of ketones is 1. The standard InChI is InChI=1S/C26H17ClF3N5O/c27-20-12-8-18(9-13-20)24-22(15-35(32-24)21-4-2-1-3-5-21)25(36)23-16-34(33-31-23)14-17-6-10-19(11-7-17)26(28,29)30/h1-13,15-16H,14H2. The van der Waals surface area contributed by atoms with Gasteiger partial charge in [-0.1, -0.05) is 59.3 Å². The normalized spacial score (nSPS) is 11.6. The number of benzene rings is 3. The van der Waals surface area contributed by atoms with E-state index in [1.807, 2.05) is 30.3 Å². The van der Waals surface area contributed by atoms with Gasteiger partial charge in [-0.25, -0.2) is 9.36 Å². The van der Waals surface area contributed by atoms with Gasteiger partial charge in [0.1, 0.15) is 5.69 Å². The maximum Gasteiger partial charge on any atom is 0.416 e. The molecule has 36 heavy (non-hydrogen) atoms. The minimum absolute atomic E-state index is 0.0877. The lowest BCUT2D eigenvalue weighted by Gasteiger charge is -2.07. The second-order valence-corrected chi connectivity index (χ2v) is 8.44. The predicted molar refractivity (Wildman–Crippen MR) is 128 cm³/mol. The molecule has 0 radical (unpaired) electrons. The largest absolute Gasteiger partial charge is 0.416 e. The maximum atomic E-state index is 13.5. The summed E-state index contributed by atoms with van der Waals surface area (Å²) >= 11 is 6.03. The zero-order chi connectivity index (χ0) is 25.3. The van der Waals surface area contributed by atoms with Gasteiger partial charge in [-0.2, -0.15) is 18.3 Å². The van der Waals surface area contributed by atoms with Crippen LogP contribution in [-0.2, 0) is 12.7 Å². The molecule has 0 bridgehead atoms. The average Bonchev–Trinajstić information content (AvgIpc) is 3.52.